The number of aromatic nitrogens is 1. The van der Waals surface area contributed by atoms with Gasteiger partial charge in [0.25, 0.3) is 5.91 Å². The number of hydrogen-bond acceptors (Lipinski definition) is 4. The highest BCUT2D eigenvalue weighted by molar-refractivity contribution is 6.02. The van der Waals surface area contributed by atoms with Crippen molar-refractivity contribution in [2.45, 2.75) is 26.2 Å². The molecular weight excluding hydrogens is 284 g/mol. The standard InChI is InChI=1S/C16H18N2O4/c1-2-3-4-10-5-6-12-11(7-10)8-17-14(15(12)21)16(22)18-9-13(19)20/h5-8,21H,2-4,9H2,1H3,(H,18,22)(H,19,20). The predicted molar refractivity (Wildman–Crippen MR) is 82.0 cm³/mol. The topological polar surface area (TPSA) is 99.5 Å². The molecule has 0 bridgehead atoms. The van der Waals surface area contributed by atoms with Crippen molar-refractivity contribution in [2.75, 3.05) is 6.54 Å². The van der Waals surface area contributed by atoms with Crippen LogP contribution < -0.4 is 5.32 Å². The van der Waals surface area contributed by atoms with Gasteiger partial charge in [-0.2, -0.15) is 0 Å². The molecular formula is C16H18N2O4. The molecule has 0 saturated heterocycles. The molecule has 0 atom stereocenters. The minimum atomic E-state index is -1.16. The maximum Gasteiger partial charge on any atom is 0.322 e. The normalized spacial score (nSPS) is 10.6. The zero-order valence-electron chi connectivity index (χ0n) is 12.3. The lowest BCUT2D eigenvalue weighted by atomic mass is 10.0. The molecule has 1 heterocycles. The van der Waals surface area contributed by atoms with E-state index in [-0.39, 0.29) is 11.4 Å². The van der Waals surface area contributed by atoms with Crippen molar-refractivity contribution in [1.29, 1.82) is 0 Å². The molecule has 0 aliphatic carbocycles. The summed E-state index contributed by atoms with van der Waals surface area (Å²) in [4.78, 5) is 26.2. The first-order valence-corrected chi connectivity index (χ1v) is 7.13. The van der Waals surface area contributed by atoms with Gasteiger partial charge < -0.3 is 15.5 Å². The fourth-order valence-electron chi connectivity index (χ4n) is 2.20. The number of nitrogens with zero attached hydrogens (tertiary/aromatic N) is 1. The first-order chi connectivity index (χ1) is 10.5. The third kappa shape index (κ3) is 3.52. The average Bonchev–Trinajstić information content (AvgIpc) is 2.50. The Morgan fingerprint density at radius 3 is 2.77 bits per heavy atom. The molecule has 0 aliphatic rings. The first kappa shape index (κ1) is 15.8. The van der Waals surface area contributed by atoms with E-state index >= 15 is 0 Å². The van der Waals surface area contributed by atoms with E-state index in [4.69, 9.17) is 5.11 Å². The summed E-state index contributed by atoms with van der Waals surface area (Å²) in [5.41, 5.74) is 0.980. The van der Waals surface area contributed by atoms with E-state index in [1.807, 2.05) is 12.1 Å². The first-order valence-electron chi connectivity index (χ1n) is 7.13. The summed E-state index contributed by atoms with van der Waals surface area (Å²) in [6.07, 6.45) is 4.65. The molecule has 0 fully saturated rings. The van der Waals surface area contributed by atoms with Crippen molar-refractivity contribution >= 4 is 22.6 Å². The summed E-state index contributed by atoms with van der Waals surface area (Å²) in [5.74, 6) is -2.10. The van der Waals surface area contributed by atoms with Crippen LogP contribution in [0.3, 0.4) is 0 Å². The number of aromatic hydroxyl groups is 1. The number of unbranched alkanes of at least 4 members (excludes halogenated alkanes) is 1. The van der Waals surface area contributed by atoms with E-state index in [1.165, 1.54) is 6.20 Å². The van der Waals surface area contributed by atoms with Gasteiger partial charge in [-0.15, -0.1) is 0 Å². The molecule has 3 N–H and O–H groups in total. The zero-order chi connectivity index (χ0) is 16.1. The van der Waals surface area contributed by atoms with Crippen LogP contribution in [0.15, 0.2) is 24.4 Å². The van der Waals surface area contributed by atoms with Gasteiger partial charge in [-0.3, -0.25) is 9.59 Å². The van der Waals surface area contributed by atoms with Crippen molar-refractivity contribution in [1.82, 2.24) is 10.3 Å². The second-order valence-corrected chi connectivity index (χ2v) is 5.06. The lowest BCUT2D eigenvalue weighted by Crippen LogP contribution is -2.29. The monoisotopic (exact) mass is 302 g/mol. The third-order valence-corrected chi connectivity index (χ3v) is 3.36. The van der Waals surface area contributed by atoms with Crippen molar-refractivity contribution < 1.29 is 19.8 Å². The SMILES string of the molecule is CCCCc1ccc2c(O)c(C(=O)NCC(=O)O)ncc2c1. The maximum absolute atomic E-state index is 11.8. The van der Waals surface area contributed by atoms with Crippen LogP contribution in [0.4, 0.5) is 0 Å². The average molecular weight is 302 g/mol. The molecule has 1 aromatic carbocycles. The minimum Gasteiger partial charge on any atom is -0.505 e. The van der Waals surface area contributed by atoms with Crippen LogP contribution in [-0.2, 0) is 11.2 Å². The number of pyridine rings is 1. The van der Waals surface area contributed by atoms with Crippen LogP contribution in [0, 0.1) is 0 Å². The molecule has 0 radical (unpaired) electrons. The number of carboxylic acids is 1. The smallest absolute Gasteiger partial charge is 0.322 e. The summed E-state index contributed by atoms with van der Waals surface area (Å²) in [7, 11) is 0. The van der Waals surface area contributed by atoms with Crippen molar-refractivity contribution in [3.8, 4) is 5.75 Å². The maximum atomic E-state index is 11.8. The van der Waals surface area contributed by atoms with Crippen LogP contribution in [0.5, 0.6) is 5.75 Å². The van der Waals surface area contributed by atoms with Gasteiger partial charge in [-0.25, -0.2) is 4.98 Å². The molecule has 1 aromatic heterocycles. The lowest BCUT2D eigenvalue weighted by Gasteiger charge is -2.08. The van der Waals surface area contributed by atoms with E-state index < -0.39 is 18.4 Å². The number of carboxylic acid groups (broad SMARTS) is 1. The summed E-state index contributed by atoms with van der Waals surface area (Å²) in [6.45, 7) is 1.60. The van der Waals surface area contributed by atoms with Gasteiger partial charge in [0.1, 0.15) is 6.54 Å². The Hall–Kier alpha value is -2.63. The van der Waals surface area contributed by atoms with Crippen LogP contribution >= 0.6 is 0 Å². The van der Waals surface area contributed by atoms with Crippen LogP contribution in [-0.4, -0.2) is 33.6 Å². The van der Waals surface area contributed by atoms with Gasteiger partial charge in [0.15, 0.2) is 11.4 Å². The number of aliphatic carboxylic acids is 1. The quantitative estimate of drug-likeness (QED) is 0.759. The number of fused-ring (bicyclic) bond motifs is 1. The minimum absolute atomic E-state index is 0.171. The van der Waals surface area contributed by atoms with Gasteiger partial charge in [-0.1, -0.05) is 25.5 Å². The highest BCUT2D eigenvalue weighted by Gasteiger charge is 2.16. The Labute approximate surface area is 127 Å². The summed E-state index contributed by atoms with van der Waals surface area (Å²) < 4.78 is 0. The second kappa shape index (κ2) is 6.89. The molecule has 22 heavy (non-hydrogen) atoms. The van der Waals surface area contributed by atoms with Gasteiger partial charge in [0, 0.05) is 17.0 Å². The van der Waals surface area contributed by atoms with Crippen molar-refractivity contribution in [3.63, 3.8) is 0 Å². The number of rotatable bonds is 6. The molecule has 0 saturated carbocycles. The van der Waals surface area contributed by atoms with Crippen LogP contribution in [0.2, 0.25) is 0 Å². The van der Waals surface area contributed by atoms with Crippen LogP contribution in [0.1, 0.15) is 35.8 Å². The van der Waals surface area contributed by atoms with Crippen molar-refractivity contribution in [3.05, 3.63) is 35.7 Å². The number of hydrogen-bond donors (Lipinski definition) is 3. The molecule has 6 heteroatoms. The highest BCUT2D eigenvalue weighted by Crippen LogP contribution is 2.28. The molecule has 6 nitrogen and oxygen atoms in total. The molecule has 116 valence electrons. The summed E-state index contributed by atoms with van der Waals surface area (Å²) in [6, 6.07) is 5.61. The van der Waals surface area contributed by atoms with Gasteiger partial charge in [0.05, 0.1) is 0 Å². The predicted octanol–water partition coefficient (Wildman–Crippen LogP) is 2.10. The lowest BCUT2D eigenvalue weighted by molar-refractivity contribution is -0.135. The summed E-state index contributed by atoms with van der Waals surface area (Å²) >= 11 is 0. The Bertz CT molecular complexity index is 713. The molecule has 2 rings (SSSR count). The van der Waals surface area contributed by atoms with E-state index in [2.05, 4.69) is 17.2 Å². The highest BCUT2D eigenvalue weighted by atomic mass is 16.4. The molecule has 0 spiro atoms. The largest absolute Gasteiger partial charge is 0.505 e. The molecule has 0 aliphatic heterocycles. The fraction of sp³-hybridized carbons (Fsp3) is 0.312. The Balaban J connectivity index is 2.30. The van der Waals surface area contributed by atoms with Gasteiger partial charge in [0.2, 0.25) is 0 Å². The molecule has 0 unspecified atom stereocenters. The Morgan fingerprint density at radius 1 is 1.32 bits per heavy atom. The number of amides is 1. The second-order valence-electron chi connectivity index (χ2n) is 5.06. The number of carbonyl (C=O) groups excluding carboxylic acids is 1. The zero-order valence-corrected chi connectivity index (χ0v) is 12.3. The van der Waals surface area contributed by atoms with Gasteiger partial charge >= 0.3 is 5.97 Å². The van der Waals surface area contributed by atoms with E-state index in [9.17, 15) is 14.7 Å². The fourth-order valence-corrected chi connectivity index (χ4v) is 2.20. The van der Waals surface area contributed by atoms with Crippen molar-refractivity contribution in [2.24, 2.45) is 0 Å². The number of nitrogens with one attached hydrogen (secondary N) is 1. The van der Waals surface area contributed by atoms with Gasteiger partial charge in [-0.05, 0) is 24.5 Å². The van der Waals surface area contributed by atoms with E-state index in [1.54, 1.807) is 6.07 Å². The van der Waals surface area contributed by atoms with E-state index in [0.29, 0.717) is 5.39 Å². The Morgan fingerprint density at radius 2 is 2.09 bits per heavy atom. The molecule has 1 amide bonds. The Kier molecular flexibility index (Phi) is 4.93. The number of benzene rings is 1. The third-order valence-electron chi connectivity index (χ3n) is 3.36. The summed E-state index contributed by atoms with van der Waals surface area (Å²) in [5, 5.41) is 22.2. The van der Waals surface area contributed by atoms with E-state index in [0.717, 1.165) is 30.2 Å². The number of carbonyl (C=O) groups is 2. The van der Waals surface area contributed by atoms with Crippen LogP contribution in [0.25, 0.3) is 10.8 Å². The number of aryl methyl sites for hydroxylation is 1. The molecule has 2 aromatic rings.